The van der Waals surface area contributed by atoms with E-state index >= 15 is 0 Å². The monoisotopic (exact) mass is 246 g/mol. The smallest absolute Gasteiger partial charge is 0.243 e. The predicted molar refractivity (Wildman–Crippen MR) is 71.6 cm³/mol. The number of nitrogens with zero attached hydrogens (tertiary/aromatic N) is 3. The molecule has 0 saturated carbocycles. The molecule has 0 bridgehead atoms. The highest BCUT2D eigenvalue weighted by Crippen LogP contribution is 2.14. The molecule has 0 radical (unpaired) electrons. The van der Waals surface area contributed by atoms with Gasteiger partial charge in [0.15, 0.2) is 0 Å². The first-order valence-electron chi connectivity index (χ1n) is 6.16. The summed E-state index contributed by atoms with van der Waals surface area (Å²) in [6.45, 7) is 1.02. The van der Waals surface area contributed by atoms with Crippen LogP contribution in [-0.2, 0) is 20.0 Å². The Labute approximate surface area is 107 Å². The molecule has 2 aromatic rings. The summed E-state index contributed by atoms with van der Waals surface area (Å²) >= 11 is 0. The first-order chi connectivity index (χ1) is 8.65. The molecule has 0 aliphatic heterocycles. The van der Waals surface area contributed by atoms with E-state index in [2.05, 4.69) is 22.1 Å². The standard InChI is InChI=1S/C13H20N5/c1-17-6-7-18(10-17)5-3-2-4-13-12(15)8-11(14)9-16-13/h6-10H,2-5,14-15H2,1H3/q+1. The topological polar surface area (TPSA) is 73.7 Å². The molecule has 0 aliphatic rings. The van der Waals surface area contributed by atoms with Crippen LogP contribution in [0.25, 0.3) is 0 Å². The van der Waals surface area contributed by atoms with Crippen LogP contribution >= 0.6 is 0 Å². The summed E-state index contributed by atoms with van der Waals surface area (Å²) < 4.78 is 4.22. The summed E-state index contributed by atoms with van der Waals surface area (Å²) in [7, 11) is 2.02. The average Bonchev–Trinajstić information content (AvgIpc) is 2.73. The highest BCUT2D eigenvalue weighted by Gasteiger charge is 2.03. The molecule has 0 unspecified atom stereocenters. The number of aromatic nitrogens is 3. The number of anilines is 2. The van der Waals surface area contributed by atoms with E-state index in [1.54, 1.807) is 12.3 Å². The third kappa shape index (κ3) is 3.23. The van der Waals surface area contributed by atoms with Gasteiger partial charge in [0.05, 0.1) is 36.9 Å². The molecule has 4 N–H and O–H groups in total. The van der Waals surface area contributed by atoms with Gasteiger partial charge in [-0.15, -0.1) is 0 Å². The number of aryl methyl sites for hydroxylation is 3. The zero-order valence-electron chi connectivity index (χ0n) is 10.7. The fraction of sp³-hybridized carbons (Fsp3) is 0.385. The summed E-state index contributed by atoms with van der Waals surface area (Å²) in [5.74, 6) is 0. The predicted octanol–water partition coefficient (Wildman–Crippen LogP) is 0.895. The van der Waals surface area contributed by atoms with Crippen LogP contribution < -0.4 is 16.0 Å². The minimum absolute atomic E-state index is 0.621. The molecule has 0 fully saturated rings. The summed E-state index contributed by atoms with van der Waals surface area (Å²) in [4.78, 5) is 4.27. The lowest BCUT2D eigenvalue weighted by Crippen LogP contribution is -2.23. The van der Waals surface area contributed by atoms with Crippen molar-refractivity contribution in [2.75, 3.05) is 11.5 Å². The van der Waals surface area contributed by atoms with Gasteiger partial charge in [-0.05, 0) is 25.3 Å². The van der Waals surface area contributed by atoms with Gasteiger partial charge in [0.1, 0.15) is 12.4 Å². The molecule has 5 nitrogen and oxygen atoms in total. The zero-order chi connectivity index (χ0) is 13.0. The van der Waals surface area contributed by atoms with Gasteiger partial charge >= 0.3 is 0 Å². The number of pyridine rings is 1. The Morgan fingerprint density at radius 3 is 2.83 bits per heavy atom. The van der Waals surface area contributed by atoms with Crippen molar-refractivity contribution >= 4 is 11.4 Å². The SMILES string of the molecule is C[n+]1ccn(CCCCc2ncc(N)cc2N)c1. The van der Waals surface area contributed by atoms with Crippen LogP contribution in [0, 0.1) is 0 Å². The van der Waals surface area contributed by atoms with Crippen LogP contribution in [0.15, 0.2) is 31.0 Å². The van der Waals surface area contributed by atoms with Gasteiger partial charge < -0.3 is 11.5 Å². The molecule has 0 aliphatic carbocycles. The highest BCUT2D eigenvalue weighted by atomic mass is 15.1. The second kappa shape index (κ2) is 5.53. The van der Waals surface area contributed by atoms with Crippen molar-refractivity contribution in [2.45, 2.75) is 25.8 Å². The van der Waals surface area contributed by atoms with Gasteiger partial charge in [-0.3, -0.25) is 4.98 Å². The summed E-state index contributed by atoms with van der Waals surface area (Å²) in [5.41, 5.74) is 13.7. The lowest BCUT2D eigenvalue weighted by atomic mass is 10.1. The first-order valence-corrected chi connectivity index (χ1v) is 6.16. The number of hydrogen-bond acceptors (Lipinski definition) is 3. The molecule has 96 valence electrons. The number of hydrogen-bond donors (Lipinski definition) is 2. The van der Waals surface area contributed by atoms with E-state index in [1.165, 1.54) is 0 Å². The zero-order valence-corrected chi connectivity index (χ0v) is 10.7. The van der Waals surface area contributed by atoms with Crippen molar-refractivity contribution in [1.82, 2.24) is 9.55 Å². The largest absolute Gasteiger partial charge is 0.397 e. The van der Waals surface area contributed by atoms with E-state index in [1.807, 2.05) is 17.8 Å². The van der Waals surface area contributed by atoms with E-state index < -0.39 is 0 Å². The Morgan fingerprint density at radius 1 is 1.33 bits per heavy atom. The lowest BCUT2D eigenvalue weighted by molar-refractivity contribution is -0.671. The van der Waals surface area contributed by atoms with E-state index in [9.17, 15) is 0 Å². The van der Waals surface area contributed by atoms with Gasteiger partial charge in [0.25, 0.3) is 0 Å². The van der Waals surface area contributed by atoms with Crippen LogP contribution in [0.3, 0.4) is 0 Å². The van der Waals surface area contributed by atoms with Crippen molar-refractivity contribution in [3.05, 3.63) is 36.7 Å². The molecule has 0 saturated heterocycles. The van der Waals surface area contributed by atoms with Crippen molar-refractivity contribution in [3.8, 4) is 0 Å². The van der Waals surface area contributed by atoms with E-state index in [0.717, 1.165) is 31.5 Å². The third-order valence-electron chi connectivity index (χ3n) is 2.93. The normalized spacial score (nSPS) is 10.7. The molecule has 0 aromatic carbocycles. The van der Waals surface area contributed by atoms with Gasteiger partial charge in [-0.1, -0.05) is 0 Å². The lowest BCUT2D eigenvalue weighted by Gasteiger charge is -2.04. The molecule has 2 heterocycles. The van der Waals surface area contributed by atoms with Crippen LogP contribution in [0.5, 0.6) is 0 Å². The van der Waals surface area contributed by atoms with Crippen molar-refractivity contribution in [3.63, 3.8) is 0 Å². The molecular formula is C13H20N5+. The van der Waals surface area contributed by atoms with Crippen molar-refractivity contribution in [1.29, 1.82) is 0 Å². The number of nitrogens with two attached hydrogens (primary N) is 2. The van der Waals surface area contributed by atoms with Gasteiger partial charge in [0, 0.05) is 0 Å². The second-order valence-electron chi connectivity index (χ2n) is 4.58. The van der Waals surface area contributed by atoms with Crippen LogP contribution in [0.2, 0.25) is 0 Å². The van der Waals surface area contributed by atoms with E-state index in [-0.39, 0.29) is 0 Å². The fourth-order valence-electron chi connectivity index (χ4n) is 1.96. The maximum absolute atomic E-state index is 5.87. The fourth-order valence-corrected chi connectivity index (χ4v) is 1.96. The molecule has 0 spiro atoms. The maximum Gasteiger partial charge on any atom is 0.243 e. The Morgan fingerprint density at radius 2 is 2.17 bits per heavy atom. The average molecular weight is 246 g/mol. The first kappa shape index (κ1) is 12.4. The summed E-state index contributed by atoms with van der Waals surface area (Å²) in [5, 5.41) is 0. The Balaban J connectivity index is 1.78. The minimum Gasteiger partial charge on any atom is -0.397 e. The molecule has 0 amide bonds. The Bertz CT molecular complexity index is 518. The number of rotatable bonds is 5. The van der Waals surface area contributed by atoms with Gasteiger partial charge in [-0.25, -0.2) is 9.13 Å². The minimum atomic E-state index is 0.621. The number of imidazole rings is 1. The van der Waals surface area contributed by atoms with Gasteiger partial charge in [-0.2, -0.15) is 0 Å². The highest BCUT2D eigenvalue weighted by molar-refractivity contribution is 5.52. The van der Waals surface area contributed by atoms with Crippen molar-refractivity contribution < 1.29 is 4.57 Å². The number of nitrogen functional groups attached to an aromatic ring is 2. The van der Waals surface area contributed by atoms with Gasteiger partial charge in [0.2, 0.25) is 6.33 Å². The number of unbranched alkanes of at least 4 members (excludes halogenated alkanes) is 1. The maximum atomic E-state index is 5.87. The summed E-state index contributed by atoms with van der Waals surface area (Å²) in [6, 6.07) is 1.77. The Hall–Kier alpha value is -2.04. The van der Waals surface area contributed by atoms with E-state index in [0.29, 0.717) is 11.4 Å². The summed E-state index contributed by atoms with van der Waals surface area (Å²) in [6.07, 6.45) is 10.9. The molecule has 0 atom stereocenters. The molecule has 2 rings (SSSR count). The Kier molecular flexibility index (Phi) is 3.82. The van der Waals surface area contributed by atoms with Crippen LogP contribution in [0.4, 0.5) is 11.4 Å². The molecule has 18 heavy (non-hydrogen) atoms. The second-order valence-corrected chi connectivity index (χ2v) is 4.58. The van der Waals surface area contributed by atoms with Crippen molar-refractivity contribution in [2.24, 2.45) is 7.05 Å². The third-order valence-corrected chi connectivity index (χ3v) is 2.93. The van der Waals surface area contributed by atoms with Crippen LogP contribution in [0.1, 0.15) is 18.5 Å². The van der Waals surface area contributed by atoms with E-state index in [4.69, 9.17) is 11.5 Å². The quantitative estimate of drug-likeness (QED) is 0.608. The van der Waals surface area contributed by atoms with Crippen LogP contribution in [-0.4, -0.2) is 9.55 Å². The molecule has 2 aromatic heterocycles. The molecule has 5 heteroatoms. The molecular weight excluding hydrogens is 226 g/mol.